The summed E-state index contributed by atoms with van der Waals surface area (Å²) in [5, 5.41) is 6.89. The van der Waals surface area contributed by atoms with Crippen LogP contribution in [0.1, 0.15) is 33.6 Å². The van der Waals surface area contributed by atoms with Crippen molar-refractivity contribution in [2.75, 3.05) is 44.2 Å². The lowest BCUT2D eigenvalue weighted by molar-refractivity contribution is 0.253. The molecule has 21 heavy (non-hydrogen) atoms. The van der Waals surface area contributed by atoms with Crippen LogP contribution >= 0.6 is 11.3 Å². The highest BCUT2D eigenvalue weighted by Crippen LogP contribution is 2.18. The zero-order valence-corrected chi connectivity index (χ0v) is 14.5. The van der Waals surface area contributed by atoms with Gasteiger partial charge in [0.05, 0.1) is 0 Å². The zero-order chi connectivity index (χ0) is 15.1. The van der Waals surface area contributed by atoms with Gasteiger partial charge in [-0.25, -0.2) is 4.98 Å². The second-order valence-corrected chi connectivity index (χ2v) is 7.34. The first-order valence-corrected chi connectivity index (χ1v) is 9.13. The van der Waals surface area contributed by atoms with Gasteiger partial charge in [0, 0.05) is 56.9 Å². The van der Waals surface area contributed by atoms with E-state index in [1.54, 1.807) is 11.3 Å². The Bertz CT molecular complexity index is 372. The van der Waals surface area contributed by atoms with Crippen LogP contribution in [0.25, 0.3) is 0 Å². The van der Waals surface area contributed by atoms with Crippen LogP contribution < -0.4 is 10.2 Å². The van der Waals surface area contributed by atoms with E-state index < -0.39 is 0 Å². The van der Waals surface area contributed by atoms with Crippen LogP contribution in [0.5, 0.6) is 0 Å². The molecule has 1 unspecified atom stereocenters. The van der Waals surface area contributed by atoms with E-state index in [9.17, 15) is 0 Å². The molecular weight excluding hydrogens is 280 g/mol. The van der Waals surface area contributed by atoms with Gasteiger partial charge in [0.2, 0.25) is 0 Å². The first-order chi connectivity index (χ1) is 10.1. The molecular formula is C16H30N4S. The number of rotatable bonds is 8. The van der Waals surface area contributed by atoms with Crippen LogP contribution in [0.3, 0.4) is 0 Å². The summed E-state index contributed by atoms with van der Waals surface area (Å²) in [6.45, 7) is 13.7. The standard InChI is InChI=1S/C16H30N4S/c1-14(2)4-5-15(3)17-6-8-19-9-11-20(12-10-19)16-18-7-13-21-16/h7,13-15,17H,4-6,8-12H2,1-3H3. The molecule has 2 rings (SSSR count). The quantitative estimate of drug-likeness (QED) is 0.800. The second kappa shape index (κ2) is 8.71. The van der Waals surface area contributed by atoms with Gasteiger partial charge in [-0.15, -0.1) is 11.3 Å². The fourth-order valence-electron chi connectivity index (χ4n) is 2.69. The van der Waals surface area contributed by atoms with E-state index in [1.807, 2.05) is 6.20 Å². The third kappa shape index (κ3) is 5.93. The first-order valence-electron chi connectivity index (χ1n) is 8.25. The van der Waals surface area contributed by atoms with Gasteiger partial charge in [-0.2, -0.15) is 0 Å². The van der Waals surface area contributed by atoms with E-state index in [-0.39, 0.29) is 0 Å². The van der Waals surface area contributed by atoms with Gasteiger partial charge in [0.15, 0.2) is 5.13 Å². The lowest BCUT2D eigenvalue weighted by Gasteiger charge is -2.34. The lowest BCUT2D eigenvalue weighted by atomic mass is 10.0. The third-order valence-electron chi connectivity index (χ3n) is 4.16. The molecule has 0 spiro atoms. The summed E-state index contributed by atoms with van der Waals surface area (Å²) in [4.78, 5) is 9.36. The molecule has 120 valence electrons. The molecule has 0 aromatic carbocycles. The Morgan fingerprint density at radius 3 is 2.57 bits per heavy atom. The number of piperazine rings is 1. The molecule has 1 aliphatic heterocycles. The molecule has 1 aliphatic rings. The molecule has 0 radical (unpaired) electrons. The summed E-state index contributed by atoms with van der Waals surface area (Å²) >= 11 is 1.74. The maximum absolute atomic E-state index is 4.40. The van der Waals surface area contributed by atoms with Gasteiger partial charge in [0.25, 0.3) is 0 Å². The molecule has 5 heteroatoms. The van der Waals surface area contributed by atoms with E-state index in [1.165, 1.54) is 18.0 Å². The minimum atomic E-state index is 0.643. The van der Waals surface area contributed by atoms with Crippen molar-refractivity contribution >= 4 is 16.5 Å². The van der Waals surface area contributed by atoms with E-state index in [0.29, 0.717) is 6.04 Å². The molecule has 4 nitrogen and oxygen atoms in total. The van der Waals surface area contributed by atoms with Crippen LogP contribution in [0.4, 0.5) is 5.13 Å². The predicted molar refractivity (Wildman–Crippen MR) is 92.3 cm³/mol. The summed E-state index contributed by atoms with van der Waals surface area (Å²) in [7, 11) is 0. The fraction of sp³-hybridized carbons (Fsp3) is 0.812. The Hall–Kier alpha value is -0.650. The molecule has 1 atom stereocenters. The van der Waals surface area contributed by atoms with E-state index in [0.717, 1.165) is 45.2 Å². The van der Waals surface area contributed by atoms with Crippen molar-refractivity contribution in [1.29, 1.82) is 0 Å². The number of thiazole rings is 1. The summed E-state index contributed by atoms with van der Waals surface area (Å²) < 4.78 is 0. The smallest absolute Gasteiger partial charge is 0.185 e. The van der Waals surface area contributed by atoms with Crippen LogP contribution in [0.2, 0.25) is 0 Å². The van der Waals surface area contributed by atoms with E-state index >= 15 is 0 Å². The summed E-state index contributed by atoms with van der Waals surface area (Å²) in [6.07, 6.45) is 4.50. The van der Waals surface area contributed by atoms with Gasteiger partial charge in [0.1, 0.15) is 0 Å². The molecule has 1 aromatic heterocycles. The Morgan fingerprint density at radius 2 is 1.95 bits per heavy atom. The van der Waals surface area contributed by atoms with Crippen molar-refractivity contribution in [2.24, 2.45) is 5.92 Å². The topological polar surface area (TPSA) is 31.4 Å². The normalized spacial score (nSPS) is 18.4. The maximum Gasteiger partial charge on any atom is 0.185 e. The van der Waals surface area contributed by atoms with Crippen molar-refractivity contribution in [2.45, 2.75) is 39.7 Å². The minimum absolute atomic E-state index is 0.643. The van der Waals surface area contributed by atoms with Crippen LogP contribution in [0.15, 0.2) is 11.6 Å². The monoisotopic (exact) mass is 310 g/mol. The van der Waals surface area contributed by atoms with Crippen molar-refractivity contribution in [1.82, 2.24) is 15.2 Å². The number of anilines is 1. The van der Waals surface area contributed by atoms with Gasteiger partial charge in [-0.1, -0.05) is 13.8 Å². The fourth-order valence-corrected chi connectivity index (χ4v) is 3.39. The largest absolute Gasteiger partial charge is 0.346 e. The van der Waals surface area contributed by atoms with Gasteiger partial charge in [-0.3, -0.25) is 4.90 Å². The number of nitrogens with zero attached hydrogens (tertiary/aromatic N) is 3. The molecule has 1 N–H and O–H groups in total. The molecule has 2 heterocycles. The zero-order valence-electron chi connectivity index (χ0n) is 13.7. The average Bonchev–Trinajstić information content (AvgIpc) is 3.00. The van der Waals surface area contributed by atoms with Crippen molar-refractivity contribution in [3.05, 3.63) is 11.6 Å². The Kier molecular flexibility index (Phi) is 6.93. The molecule has 1 aromatic rings. The van der Waals surface area contributed by atoms with Gasteiger partial charge < -0.3 is 10.2 Å². The molecule has 1 fully saturated rings. The predicted octanol–water partition coefficient (Wildman–Crippen LogP) is 2.68. The molecule has 0 amide bonds. The minimum Gasteiger partial charge on any atom is -0.346 e. The molecule has 0 bridgehead atoms. The molecule has 1 saturated heterocycles. The Balaban J connectivity index is 1.57. The summed E-state index contributed by atoms with van der Waals surface area (Å²) in [5.74, 6) is 0.813. The average molecular weight is 311 g/mol. The number of hydrogen-bond donors (Lipinski definition) is 1. The highest BCUT2D eigenvalue weighted by atomic mass is 32.1. The van der Waals surface area contributed by atoms with Crippen molar-refractivity contribution in [3.63, 3.8) is 0 Å². The van der Waals surface area contributed by atoms with E-state index in [2.05, 4.69) is 46.3 Å². The van der Waals surface area contributed by atoms with Crippen LogP contribution in [-0.4, -0.2) is 55.2 Å². The summed E-state index contributed by atoms with van der Waals surface area (Å²) in [5.41, 5.74) is 0. The van der Waals surface area contributed by atoms with Crippen LogP contribution in [-0.2, 0) is 0 Å². The number of hydrogen-bond acceptors (Lipinski definition) is 5. The number of nitrogens with one attached hydrogen (secondary N) is 1. The molecule has 0 saturated carbocycles. The number of aromatic nitrogens is 1. The Morgan fingerprint density at radius 1 is 1.19 bits per heavy atom. The Labute approximate surface area is 133 Å². The second-order valence-electron chi connectivity index (χ2n) is 6.47. The lowest BCUT2D eigenvalue weighted by Crippen LogP contribution is -2.48. The third-order valence-corrected chi connectivity index (χ3v) is 4.99. The van der Waals surface area contributed by atoms with Crippen LogP contribution in [0, 0.1) is 5.92 Å². The SMILES string of the molecule is CC(C)CCC(C)NCCN1CCN(c2nccs2)CC1. The summed E-state index contributed by atoms with van der Waals surface area (Å²) in [6, 6.07) is 0.643. The molecule has 0 aliphatic carbocycles. The first kappa shape index (κ1) is 16.7. The van der Waals surface area contributed by atoms with E-state index in [4.69, 9.17) is 0 Å². The highest BCUT2D eigenvalue weighted by molar-refractivity contribution is 7.13. The highest BCUT2D eigenvalue weighted by Gasteiger charge is 2.18. The maximum atomic E-state index is 4.40. The van der Waals surface area contributed by atoms with Crippen molar-refractivity contribution in [3.8, 4) is 0 Å². The van der Waals surface area contributed by atoms with Gasteiger partial charge in [-0.05, 0) is 25.7 Å². The van der Waals surface area contributed by atoms with Crippen molar-refractivity contribution < 1.29 is 0 Å². The van der Waals surface area contributed by atoms with Gasteiger partial charge >= 0.3 is 0 Å².